The van der Waals surface area contributed by atoms with E-state index >= 15 is 0 Å². The Morgan fingerprint density at radius 3 is 2.50 bits per heavy atom. The zero-order valence-corrected chi connectivity index (χ0v) is 13.0. The summed E-state index contributed by atoms with van der Waals surface area (Å²) in [5.74, 6) is 5.73. The van der Waals surface area contributed by atoms with E-state index in [1.807, 2.05) is 6.92 Å². The van der Waals surface area contributed by atoms with Crippen molar-refractivity contribution in [1.82, 2.24) is 5.43 Å². The number of nitrogens with one attached hydrogen (secondary N) is 1. The monoisotopic (exact) mass is 280 g/mol. The average Bonchev–Trinajstić information content (AvgIpc) is 2.53. The molecule has 2 unspecified atom stereocenters. The Labute approximate surface area is 120 Å². The number of benzene rings is 1. The van der Waals surface area contributed by atoms with Crippen LogP contribution in [0.5, 0.6) is 0 Å². The standard InChI is InChI=1S/C16H25FN2O/c1-10-6-7-11(17)8-12(10)14(19-18)13-9-15(2,3)20-16(13,4)5/h6-8,13-14,19H,9,18H2,1-5H3. The van der Waals surface area contributed by atoms with E-state index in [1.54, 1.807) is 12.1 Å². The fraction of sp³-hybridized carbons (Fsp3) is 0.625. The Morgan fingerprint density at radius 1 is 1.35 bits per heavy atom. The van der Waals surface area contributed by atoms with Crippen molar-refractivity contribution >= 4 is 0 Å². The third-order valence-electron chi connectivity index (χ3n) is 4.30. The smallest absolute Gasteiger partial charge is 0.123 e. The second-order valence-electron chi connectivity index (χ2n) is 6.92. The molecule has 3 nitrogen and oxygen atoms in total. The highest BCUT2D eigenvalue weighted by Crippen LogP contribution is 2.47. The van der Waals surface area contributed by atoms with Crippen LogP contribution in [0.25, 0.3) is 0 Å². The molecule has 0 aromatic heterocycles. The predicted octanol–water partition coefficient (Wildman–Crippen LogP) is 3.23. The Kier molecular flexibility index (Phi) is 3.93. The van der Waals surface area contributed by atoms with Crippen molar-refractivity contribution in [1.29, 1.82) is 0 Å². The van der Waals surface area contributed by atoms with Crippen LogP contribution in [-0.2, 0) is 4.74 Å². The minimum absolute atomic E-state index is 0.123. The predicted molar refractivity (Wildman–Crippen MR) is 78.6 cm³/mol. The van der Waals surface area contributed by atoms with Gasteiger partial charge in [0, 0.05) is 5.92 Å². The molecule has 1 saturated heterocycles. The van der Waals surface area contributed by atoms with E-state index in [0.29, 0.717) is 0 Å². The van der Waals surface area contributed by atoms with Crippen LogP contribution in [0.2, 0.25) is 0 Å². The third-order valence-corrected chi connectivity index (χ3v) is 4.30. The first kappa shape index (κ1) is 15.4. The lowest BCUT2D eigenvalue weighted by molar-refractivity contribution is -0.0779. The van der Waals surface area contributed by atoms with Gasteiger partial charge in [-0.25, -0.2) is 4.39 Å². The van der Waals surface area contributed by atoms with Crippen LogP contribution in [0.4, 0.5) is 4.39 Å². The first-order valence-corrected chi connectivity index (χ1v) is 7.09. The molecule has 1 fully saturated rings. The first-order valence-electron chi connectivity index (χ1n) is 7.09. The number of ether oxygens (including phenoxy) is 1. The summed E-state index contributed by atoms with van der Waals surface area (Å²) in [6.45, 7) is 10.3. The van der Waals surface area contributed by atoms with Crippen LogP contribution in [-0.4, -0.2) is 11.2 Å². The molecule has 3 N–H and O–H groups in total. The molecule has 20 heavy (non-hydrogen) atoms. The maximum absolute atomic E-state index is 13.6. The van der Waals surface area contributed by atoms with Gasteiger partial charge in [-0.15, -0.1) is 0 Å². The van der Waals surface area contributed by atoms with Gasteiger partial charge in [0.1, 0.15) is 5.82 Å². The Morgan fingerprint density at radius 2 is 2.00 bits per heavy atom. The van der Waals surface area contributed by atoms with Crippen molar-refractivity contribution in [2.45, 2.75) is 58.3 Å². The maximum atomic E-state index is 13.6. The maximum Gasteiger partial charge on any atom is 0.123 e. The van der Waals surface area contributed by atoms with Gasteiger partial charge in [-0.05, 0) is 64.3 Å². The van der Waals surface area contributed by atoms with Gasteiger partial charge >= 0.3 is 0 Å². The average molecular weight is 280 g/mol. The molecule has 0 saturated carbocycles. The topological polar surface area (TPSA) is 47.3 Å². The third kappa shape index (κ3) is 2.87. The van der Waals surface area contributed by atoms with E-state index in [-0.39, 0.29) is 29.0 Å². The van der Waals surface area contributed by atoms with Crippen LogP contribution < -0.4 is 11.3 Å². The normalized spacial score (nSPS) is 25.6. The highest BCUT2D eigenvalue weighted by molar-refractivity contribution is 5.31. The van der Waals surface area contributed by atoms with Crippen molar-refractivity contribution in [2.24, 2.45) is 11.8 Å². The summed E-state index contributed by atoms with van der Waals surface area (Å²) in [6, 6.07) is 4.72. The molecule has 1 aliphatic rings. The van der Waals surface area contributed by atoms with Gasteiger partial charge in [0.2, 0.25) is 0 Å². The van der Waals surface area contributed by atoms with E-state index < -0.39 is 0 Å². The van der Waals surface area contributed by atoms with Gasteiger partial charge in [-0.3, -0.25) is 11.3 Å². The molecule has 0 spiro atoms. The number of nitrogens with two attached hydrogens (primary N) is 1. The summed E-state index contributed by atoms with van der Waals surface area (Å²) in [6.07, 6.45) is 0.880. The van der Waals surface area contributed by atoms with Crippen LogP contribution in [0.15, 0.2) is 18.2 Å². The number of rotatable bonds is 3. The summed E-state index contributed by atoms with van der Waals surface area (Å²) >= 11 is 0. The number of hydrazine groups is 1. The highest BCUT2D eigenvalue weighted by Gasteiger charge is 2.49. The van der Waals surface area contributed by atoms with Gasteiger partial charge in [0.05, 0.1) is 17.2 Å². The second-order valence-corrected chi connectivity index (χ2v) is 6.92. The van der Waals surface area contributed by atoms with Crippen LogP contribution in [0.1, 0.15) is 51.3 Å². The van der Waals surface area contributed by atoms with Gasteiger partial charge in [0.25, 0.3) is 0 Å². The van der Waals surface area contributed by atoms with Gasteiger partial charge < -0.3 is 4.74 Å². The summed E-state index contributed by atoms with van der Waals surface area (Å²) in [5, 5.41) is 0. The number of hydrogen-bond acceptors (Lipinski definition) is 3. The SMILES string of the molecule is Cc1ccc(F)cc1C(NN)C1CC(C)(C)OC1(C)C. The Balaban J connectivity index is 2.40. The summed E-state index contributed by atoms with van der Waals surface area (Å²) in [7, 11) is 0. The summed E-state index contributed by atoms with van der Waals surface area (Å²) in [5.41, 5.74) is 4.32. The minimum Gasteiger partial charge on any atom is -0.369 e. The minimum atomic E-state index is -0.306. The van der Waals surface area contributed by atoms with Crippen molar-refractivity contribution in [3.05, 3.63) is 35.1 Å². The molecule has 4 heteroatoms. The molecule has 1 aromatic rings. The van der Waals surface area contributed by atoms with E-state index in [4.69, 9.17) is 10.6 Å². The number of aryl methyl sites for hydroxylation is 1. The molecule has 0 bridgehead atoms. The van der Waals surface area contributed by atoms with E-state index in [0.717, 1.165) is 17.5 Å². The van der Waals surface area contributed by atoms with Gasteiger partial charge in [-0.1, -0.05) is 6.07 Å². The van der Waals surface area contributed by atoms with Crippen LogP contribution in [0.3, 0.4) is 0 Å². The molecular formula is C16H25FN2O. The van der Waals surface area contributed by atoms with Crippen LogP contribution >= 0.6 is 0 Å². The van der Waals surface area contributed by atoms with Crippen molar-refractivity contribution in [3.8, 4) is 0 Å². The lowest BCUT2D eigenvalue weighted by Gasteiger charge is -2.33. The quantitative estimate of drug-likeness (QED) is 0.660. The van der Waals surface area contributed by atoms with Crippen LogP contribution in [0, 0.1) is 18.7 Å². The number of halogens is 1. The van der Waals surface area contributed by atoms with E-state index in [9.17, 15) is 4.39 Å². The molecule has 0 radical (unpaired) electrons. The Bertz CT molecular complexity index is 499. The molecule has 1 heterocycles. The fourth-order valence-corrected chi connectivity index (χ4v) is 3.49. The fourth-order valence-electron chi connectivity index (χ4n) is 3.49. The Hall–Kier alpha value is -0.970. The molecule has 1 aliphatic heterocycles. The second kappa shape index (κ2) is 5.10. The van der Waals surface area contributed by atoms with E-state index in [2.05, 4.69) is 33.1 Å². The molecule has 1 aromatic carbocycles. The summed E-state index contributed by atoms with van der Waals surface area (Å²) < 4.78 is 19.7. The van der Waals surface area contributed by atoms with Crippen molar-refractivity contribution in [3.63, 3.8) is 0 Å². The molecule has 0 amide bonds. The van der Waals surface area contributed by atoms with Crippen molar-refractivity contribution < 1.29 is 9.13 Å². The first-order chi connectivity index (χ1) is 9.16. The van der Waals surface area contributed by atoms with Gasteiger partial charge in [0.15, 0.2) is 0 Å². The largest absolute Gasteiger partial charge is 0.369 e. The van der Waals surface area contributed by atoms with E-state index in [1.165, 1.54) is 6.07 Å². The highest BCUT2D eigenvalue weighted by atomic mass is 19.1. The lowest BCUT2D eigenvalue weighted by atomic mass is 9.78. The van der Waals surface area contributed by atoms with Crippen molar-refractivity contribution in [2.75, 3.05) is 0 Å². The summed E-state index contributed by atoms with van der Waals surface area (Å²) in [4.78, 5) is 0. The molecule has 2 atom stereocenters. The molecule has 112 valence electrons. The molecule has 0 aliphatic carbocycles. The van der Waals surface area contributed by atoms with Gasteiger partial charge in [-0.2, -0.15) is 0 Å². The molecular weight excluding hydrogens is 255 g/mol. The zero-order chi connectivity index (χ0) is 15.1. The lowest BCUT2D eigenvalue weighted by Crippen LogP contribution is -2.41. The number of hydrogen-bond donors (Lipinski definition) is 2. The molecule has 2 rings (SSSR count). The zero-order valence-electron chi connectivity index (χ0n) is 13.0.